The maximum atomic E-state index is 12.1. The Balaban J connectivity index is 2.21. The average molecular weight is 286 g/mol. The van der Waals surface area contributed by atoms with E-state index in [9.17, 15) is 18.3 Å². The van der Waals surface area contributed by atoms with Crippen LogP contribution in [0.4, 0.5) is 13.2 Å². The molecular weight excluding hydrogens is 273 g/mol. The normalized spacial score (nSPS) is 13.2. The molecule has 3 nitrogen and oxygen atoms in total. The third-order valence-corrected chi connectivity index (χ3v) is 2.71. The van der Waals surface area contributed by atoms with E-state index in [2.05, 4.69) is 4.74 Å². The lowest BCUT2D eigenvalue weighted by atomic mass is 10.1. The number of ether oxygens (including phenoxy) is 1. The molecule has 0 aliphatic carbocycles. The molecule has 2 aromatic rings. The van der Waals surface area contributed by atoms with Crippen LogP contribution in [0.1, 0.15) is 30.1 Å². The lowest BCUT2D eigenvalue weighted by Crippen LogP contribution is -2.17. The monoisotopic (exact) mass is 286 g/mol. The summed E-state index contributed by atoms with van der Waals surface area (Å²) >= 11 is 0. The maximum Gasteiger partial charge on any atom is 0.573 e. The van der Waals surface area contributed by atoms with Crippen molar-refractivity contribution in [2.24, 2.45) is 0 Å². The molecule has 0 bridgehead atoms. The van der Waals surface area contributed by atoms with Gasteiger partial charge in [0, 0.05) is 6.42 Å². The largest absolute Gasteiger partial charge is 0.573 e. The molecule has 0 fully saturated rings. The Bertz CT molecular complexity index is 575. The van der Waals surface area contributed by atoms with Crippen LogP contribution in [0.2, 0.25) is 0 Å². The average Bonchev–Trinajstić information content (AvgIpc) is 2.85. The molecule has 0 aliphatic heterocycles. The quantitative estimate of drug-likeness (QED) is 0.929. The minimum absolute atomic E-state index is 0.267. The highest BCUT2D eigenvalue weighted by Gasteiger charge is 2.31. The molecule has 0 spiro atoms. The van der Waals surface area contributed by atoms with Gasteiger partial charge in [-0.25, -0.2) is 0 Å². The molecule has 0 amide bonds. The summed E-state index contributed by atoms with van der Waals surface area (Å²) < 4.78 is 45.6. The number of furan rings is 1. The highest BCUT2D eigenvalue weighted by atomic mass is 19.4. The molecule has 1 atom stereocenters. The Labute approximate surface area is 113 Å². The molecule has 2 rings (SSSR count). The summed E-state index contributed by atoms with van der Waals surface area (Å²) in [5.74, 6) is 0.601. The van der Waals surface area contributed by atoms with E-state index in [0.29, 0.717) is 12.2 Å². The number of alkyl halides is 3. The summed E-state index contributed by atoms with van der Waals surface area (Å²) in [4.78, 5) is 0. The number of rotatable bonds is 4. The topological polar surface area (TPSA) is 42.6 Å². The van der Waals surface area contributed by atoms with Gasteiger partial charge in [-0.3, -0.25) is 0 Å². The highest BCUT2D eigenvalue weighted by molar-refractivity contribution is 5.33. The highest BCUT2D eigenvalue weighted by Crippen LogP contribution is 2.29. The van der Waals surface area contributed by atoms with Gasteiger partial charge in [0.1, 0.15) is 23.4 Å². The van der Waals surface area contributed by atoms with E-state index in [1.807, 2.05) is 6.92 Å². The molecule has 1 heterocycles. The Morgan fingerprint density at radius 3 is 2.60 bits per heavy atom. The van der Waals surface area contributed by atoms with Gasteiger partial charge in [0.2, 0.25) is 0 Å². The van der Waals surface area contributed by atoms with E-state index in [1.54, 1.807) is 12.1 Å². The first-order valence-corrected chi connectivity index (χ1v) is 6.01. The lowest BCUT2D eigenvalue weighted by molar-refractivity contribution is -0.274. The van der Waals surface area contributed by atoms with Crippen molar-refractivity contribution in [2.45, 2.75) is 25.8 Å². The van der Waals surface area contributed by atoms with Crippen molar-refractivity contribution in [1.82, 2.24) is 0 Å². The van der Waals surface area contributed by atoms with Gasteiger partial charge in [0.05, 0.1) is 0 Å². The number of aliphatic hydroxyl groups excluding tert-OH is 1. The van der Waals surface area contributed by atoms with Crippen LogP contribution in [0, 0.1) is 0 Å². The molecule has 1 N–H and O–H groups in total. The van der Waals surface area contributed by atoms with Crippen molar-refractivity contribution < 1.29 is 27.4 Å². The summed E-state index contributed by atoms with van der Waals surface area (Å²) in [7, 11) is 0. The Morgan fingerprint density at radius 1 is 1.25 bits per heavy atom. The van der Waals surface area contributed by atoms with E-state index in [-0.39, 0.29) is 17.1 Å². The molecule has 20 heavy (non-hydrogen) atoms. The number of benzene rings is 1. The van der Waals surface area contributed by atoms with Crippen molar-refractivity contribution in [3.8, 4) is 5.75 Å². The minimum Gasteiger partial charge on any atom is -0.463 e. The third kappa shape index (κ3) is 3.54. The van der Waals surface area contributed by atoms with E-state index >= 15 is 0 Å². The summed E-state index contributed by atoms with van der Waals surface area (Å²) in [6.07, 6.45) is -5.22. The van der Waals surface area contributed by atoms with Gasteiger partial charge in [-0.15, -0.1) is 13.2 Å². The molecule has 0 aliphatic rings. The first-order chi connectivity index (χ1) is 9.39. The molecule has 0 saturated heterocycles. The zero-order chi connectivity index (χ0) is 14.8. The van der Waals surface area contributed by atoms with Gasteiger partial charge in [0.15, 0.2) is 0 Å². The molecule has 108 valence electrons. The SMILES string of the molecule is CCc1ccc(C(O)c2cccc(OC(F)(F)F)c2)o1. The number of aryl methyl sites for hydroxylation is 1. The van der Waals surface area contributed by atoms with Gasteiger partial charge in [0.25, 0.3) is 0 Å². The van der Waals surface area contributed by atoms with Gasteiger partial charge in [-0.1, -0.05) is 19.1 Å². The maximum absolute atomic E-state index is 12.1. The third-order valence-electron chi connectivity index (χ3n) is 2.71. The molecule has 1 unspecified atom stereocenters. The molecule has 0 radical (unpaired) electrons. The fourth-order valence-corrected chi connectivity index (χ4v) is 1.78. The van der Waals surface area contributed by atoms with Gasteiger partial charge >= 0.3 is 6.36 Å². The molecular formula is C14H13F3O3. The summed E-state index contributed by atoms with van der Waals surface area (Å²) in [6.45, 7) is 1.90. The van der Waals surface area contributed by atoms with Crippen LogP contribution >= 0.6 is 0 Å². The van der Waals surface area contributed by atoms with Crippen molar-refractivity contribution >= 4 is 0 Å². The predicted octanol–water partition coefficient (Wildman–Crippen LogP) is 3.82. The number of hydrogen-bond donors (Lipinski definition) is 1. The van der Waals surface area contributed by atoms with Gasteiger partial charge in [-0.2, -0.15) is 0 Å². The molecule has 1 aromatic heterocycles. The van der Waals surface area contributed by atoms with E-state index < -0.39 is 12.5 Å². The van der Waals surface area contributed by atoms with E-state index in [4.69, 9.17) is 4.42 Å². The zero-order valence-corrected chi connectivity index (χ0v) is 10.6. The van der Waals surface area contributed by atoms with Crippen LogP contribution in [-0.2, 0) is 6.42 Å². The van der Waals surface area contributed by atoms with Crippen LogP contribution < -0.4 is 4.74 Å². The smallest absolute Gasteiger partial charge is 0.463 e. The zero-order valence-electron chi connectivity index (χ0n) is 10.6. The molecule has 1 aromatic carbocycles. The van der Waals surface area contributed by atoms with Gasteiger partial charge < -0.3 is 14.3 Å². The van der Waals surface area contributed by atoms with Crippen LogP contribution in [0.25, 0.3) is 0 Å². The fourth-order valence-electron chi connectivity index (χ4n) is 1.78. The predicted molar refractivity (Wildman–Crippen MR) is 65.3 cm³/mol. The second-order valence-corrected chi connectivity index (χ2v) is 4.18. The van der Waals surface area contributed by atoms with Crippen LogP contribution in [0.15, 0.2) is 40.8 Å². The van der Waals surface area contributed by atoms with Crippen LogP contribution in [0.3, 0.4) is 0 Å². The lowest BCUT2D eigenvalue weighted by Gasteiger charge is -2.12. The molecule has 6 heteroatoms. The number of halogens is 3. The Hall–Kier alpha value is -1.95. The van der Waals surface area contributed by atoms with Crippen LogP contribution in [-0.4, -0.2) is 11.5 Å². The van der Waals surface area contributed by atoms with Gasteiger partial charge in [-0.05, 0) is 29.8 Å². The second kappa shape index (κ2) is 5.58. The number of hydrogen-bond acceptors (Lipinski definition) is 3. The first kappa shape index (κ1) is 14.5. The fraction of sp³-hybridized carbons (Fsp3) is 0.286. The van der Waals surface area contributed by atoms with Crippen molar-refractivity contribution in [1.29, 1.82) is 0 Å². The summed E-state index contributed by atoms with van der Waals surface area (Å²) in [5, 5.41) is 10.1. The standard InChI is InChI=1S/C14H13F3O3/c1-2-10-6-7-12(19-10)13(18)9-4-3-5-11(8-9)20-14(15,16)17/h3-8,13,18H,2H2,1H3. The van der Waals surface area contributed by atoms with Crippen molar-refractivity contribution in [3.05, 3.63) is 53.5 Å². The molecule has 0 saturated carbocycles. The van der Waals surface area contributed by atoms with E-state index in [1.165, 1.54) is 18.2 Å². The second-order valence-electron chi connectivity index (χ2n) is 4.18. The number of aliphatic hydroxyl groups is 1. The Kier molecular flexibility index (Phi) is 4.04. The summed E-state index contributed by atoms with van der Waals surface area (Å²) in [5.41, 5.74) is 0.267. The van der Waals surface area contributed by atoms with Crippen molar-refractivity contribution in [3.63, 3.8) is 0 Å². The van der Waals surface area contributed by atoms with Crippen LogP contribution in [0.5, 0.6) is 5.75 Å². The van der Waals surface area contributed by atoms with Crippen molar-refractivity contribution in [2.75, 3.05) is 0 Å². The Morgan fingerprint density at radius 2 is 2.00 bits per heavy atom. The summed E-state index contributed by atoms with van der Waals surface area (Å²) in [6, 6.07) is 8.50. The minimum atomic E-state index is -4.76. The first-order valence-electron chi connectivity index (χ1n) is 6.01. The van der Waals surface area contributed by atoms with E-state index in [0.717, 1.165) is 6.07 Å².